The molecule has 29 heavy (non-hydrogen) atoms. The van der Waals surface area contributed by atoms with E-state index in [-0.39, 0.29) is 19.5 Å². The molecule has 0 aromatic carbocycles. The summed E-state index contributed by atoms with van der Waals surface area (Å²) < 4.78 is 58.2. The van der Waals surface area contributed by atoms with Gasteiger partial charge in [-0.2, -0.15) is 16.8 Å². The highest BCUT2D eigenvalue weighted by atomic mass is 32.3. The third-order valence-corrected chi connectivity index (χ3v) is 5.89. The van der Waals surface area contributed by atoms with Crippen LogP contribution in [-0.2, 0) is 38.1 Å². The minimum Gasteiger partial charge on any atom is -0.447 e. The summed E-state index contributed by atoms with van der Waals surface area (Å²) >= 11 is 0. The predicted molar refractivity (Wildman–Crippen MR) is 97.1 cm³/mol. The molecule has 0 aromatic heterocycles. The number of carbonyl (C=O) groups excluding carboxylic acids is 2. The Morgan fingerprint density at radius 3 is 2.28 bits per heavy atom. The van der Waals surface area contributed by atoms with E-state index in [1.54, 1.807) is 20.8 Å². The van der Waals surface area contributed by atoms with Gasteiger partial charge in [0.15, 0.2) is 0 Å². The number of carbonyl (C=O) groups is 2. The van der Waals surface area contributed by atoms with Gasteiger partial charge >= 0.3 is 22.2 Å². The number of nitro groups is 1. The second kappa shape index (κ2) is 8.79. The Bertz CT molecular complexity index is 860. The van der Waals surface area contributed by atoms with Crippen LogP contribution in [0, 0.1) is 15.5 Å². The summed E-state index contributed by atoms with van der Waals surface area (Å²) in [5.41, 5.74) is -2.06. The first-order valence-corrected chi connectivity index (χ1v) is 11.7. The van der Waals surface area contributed by atoms with Crippen LogP contribution in [0.4, 0.5) is 4.79 Å². The summed E-state index contributed by atoms with van der Waals surface area (Å²) in [6, 6.07) is 0. The van der Waals surface area contributed by atoms with Crippen LogP contribution in [0.1, 0.15) is 33.6 Å². The van der Waals surface area contributed by atoms with E-state index in [1.165, 1.54) is 4.90 Å². The van der Waals surface area contributed by atoms with E-state index in [1.807, 2.05) is 0 Å². The lowest BCUT2D eigenvalue weighted by Gasteiger charge is -2.26. The Labute approximate surface area is 168 Å². The van der Waals surface area contributed by atoms with Crippen molar-refractivity contribution >= 4 is 32.3 Å². The monoisotopic (exact) mass is 460 g/mol. The van der Waals surface area contributed by atoms with Crippen LogP contribution < -0.4 is 0 Å². The maximum atomic E-state index is 12.2. The van der Waals surface area contributed by atoms with Crippen LogP contribution in [0.5, 0.6) is 0 Å². The molecule has 0 aliphatic carbocycles. The molecule has 15 heteroatoms. The number of nitrogens with zero attached hydrogens (tertiary/aromatic N) is 2. The van der Waals surface area contributed by atoms with Gasteiger partial charge < -0.3 is 14.4 Å². The van der Waals surface area contributed by atoms with Gasteiger partial charge in [-0.3, -0.25) is 14.9 Å². The van der Waals surface area contributed by atoms with Crippen LogP contribution in [0.2, 0.25) is 0 Å². The van der Waals surface area contributed by atoms with E-state index in [4.69, 9.17) is 4.74 Å². The fraction of sp³-hybridized carbons (Fsp3) is 0.857. The number of rotatable bonds is 8. The average Bonchev–Trinajstić information content (AvgIpc) is 2.84. The van der Waals surface area contributed by atoms with Crippen molar-refractivity contribution in [3.8, 4) is 0 Å². The lowest BCUT2D eigenvalue weighted by atomic mass is 9.83. The first-order chi connectivity index (χ1) is 12.9. The largest absolute Gasteiger partial charge is 0.447 e. The Kier molecular flexibility index (Phi) is 7.59. The Balaban J connectivity index is 2.81. The summed E-state index contributed by atoms with van der Waals surface area (Å²) in [7, 11) is -9.04. The average molecular weight is 460 g/mol. The van der Waals surface area contributed by atoms with Crippen molar-refractivity contribution in [3.63, 3.8) is 0 Å². The Morgan fingerprint density at radius 2 is 1.79 bits per heavy atom. The zero-order valence-corrected chi connectivity index (χ0v) is 18.1. The fourth-order valence-corrected chi connectivity index (χ4v) is 4.66. The van der Waals surface area contributed by atoms with E-state index in [0.717, 1.165) is 0 Å². The zero-order chi connectivity index (χ0) is 22.7. The first kappa shape index (κ1) is 25.0. The topological polar surface area (TPSA) is 176 Å². The molecule has 1 unspecified atom stereocenters. The minimum absolute atomic E-state index is 0.0922. The number of esters is 1. The summed E-state index contributed by atoms with van der Waals surface area (Å²) in [5, 5.41) is 11.1. The molecule has 1 fully saturated rings. The standard InChI is InChI=1S/C14H24N2O11S2/c1-13(2,3)26-12(18)15-6-5-14(8-15,9-16(19)20)7-11(17)25-10-29(23,24)27-28(4,21)22/h5-10H2,1-4H3. The molecule has 1 amide bonds. The van der Waals surface area contributed by atoms with Crippen LogP contribution in [0.25, 0.3) is 0 Å². The molecule has 0 bridgehead atoms. The van der Waals surface area contributed by atoms with Crippen molar-refractivity contribution in [2.75, 3.05) is 31.8 Å². The van der Waals surface area contributed by atoms with Crippen molar-refractivity contribution in [3.05, 3.63) is 10.1 Å². The van der Waals surface area contributed by atoms with Gasteiger partial charge in [-0.15, -0.1) is 3.63 Å². The van der Waals surface area contributed by atoms with Gasteiger partial charge in [0.25, 0.3) is 10.1 Å². The Hall–Kier alpha value is -2.00. The molecule has 0 radical (unpaired) electrons. The van der Waals surface area contributed by atoms with E-state index < -0.39 is 67.1 Å². The molecule has 1 atom stereocenters. The van der Waals surface area contributed by atoms with Crippen molar-refractivity contribution in [1.82, 2.24) is 4.90 Å². The molecule has 1 rings (SSSR count). The van der Waals surface area contributed by atoms with Gasteiger partial charge in [-0.05, 0) is 27.2 Å². The van der Waals surface area contributed by atoms with Crippen LogP contribution >= 0.6 is 0 Å². The number of hydrogen-bond donors (Lipinski definition) is 0. The third kappa shape index (κ3) is 9.36. The van der Waals surface area contributed by atoms with Crippen molar-refractivity contribution in [2.24, 2.45) is 5.41 Å². The third-order valence-electron chi connectivity index (χ3n) is 3.67. The predicted octanol–water partition coefficient (Wildman–Crippen LogP) is 0.0871. The summed E-state index contributed by atoms with van der Waals surface area (Å²) in [5.74, 6) is -2.48. The molecule has 0 aromatic rings. The van der Waals surface area contributed by atoms with E-state index in [9.17, 15) is 36.5 Å². The number of hydrogen-bond acceptors (Lipinski definition) is 11. The van der Waals surface area contributed by atoms with Gasteiger partial charge in [-0.25, -0.2) is 4.79 Å². The van der Waals surface area contributed by atoms with Gasteiger partial charge in [0, 0.05) is 18.0 Å². The SMILES string of the molecule is CC(C)(C)OC(=O)N1CCC(CC(=O)OCS(=O)(=O)OS(C)(=O)=O)(C[N+](=O)[O-])C1. The maximum Gasteiger partial charge on any atom is 0.410 e. The first-order valence-electron chi connectivity index (χ1n) is 8.31. The second-order valence-corrected chi connectivity index (χ2v) is 11.1. The quantitative estimate of drug-likeness (QED) is 0.272. The van der Waals surface area contributed by atoms with Gasteiger partial charge in [0.2, 0.25) is 12.5 Å². The molecule has 168 valence electrons. The molecular weight excluding hydrogens is 436 g/mol. The molecule has 13 nitrogen and oxygen atoms in total. The summed E-state index contributed by atoms with van der Waals surface area (Å²) in [6.45, 7) is 4.24. The lowest BCUT2D eigenvalue weighted by molar-refractivity contribution is -0.496. The normalized spacial score (nSPS) is 20.3. The smallest absolute Gasteiger partial charge is 0.410 e. The van der Waals surface area contributed by atoms with Crippen LogP contribution in [-0.4, -0.2) is 76.2 Å². The van der Waals surface area contributed by atoms with E-state index in [2.05, 4.69) is 8.37 Å². The van der Waals surface area contributed by atoms with Gasteiger partial charge in [-0.1, -0.05) is 0 Å². The maximum absolute atomic E-state index is 12.2. The highest BCUT2D eigenvalue weighted by Gasteiger charge is 2.47. The summed E-state index contributed by atoms with van der Waals surface area (Å²) in [6.07, 6.45) is -0.654. The van der Waals surface area contributed by atoms with E-state index >= 15 is 0 Å². The van der Waals surface area contributed by atoms with E-state index in [0.29, 0.717) is 6.26 Å². The highest BCUT2D eigenvalue weighted by Crippen LogP contribution is 2.35. The lowest BCUT2D eigenvalue weighted by Crippen LogP contribution is -2.40. The molecule has 0 spiro atoms. The van der Waals surface area contributed by atoms with Crippen molar-refractivity contribution in [2.45, 2.75) is 39.2 Å². The number of likely N-dealkylation sites (tertiary alicyclic amines) is 1. The molecule has 1 aliphatic rings. The zero-order valence-electron chi connectivity index (χ0n) is 16.4. The highest BCUT2D eigenvalue weighted by molar-refractivity contribution is 7.99. The molecular formula is C14H24N2O11S2. The molecule has 0 N–H and O–H groups in total. The van der Waals surface area contributed by atoms with Crippen LogP contribution in [0.15, 0.2) is 0 Å². The van der Waals surface area contributed by atoms with Crippen molar-refractivity contribution < 1.29 is 44.5 Å². The molecule has 1 aliphatic heterocycles. The Morgan fingerprint density at radius 1 is 1.21 bits per heavy atom. The number of amides is 1. The van der Waals surface area contributed by atoms with Crippen molar-refractivity contribution in [1.29, 1.82) is 0 Å². The van der Waals surface area contributed by atoms with Crippen LogP contribution in [0.3, 0.4) is 0 Å². The fourth-order valence-electron chi connectivity index (χ4n) is 2.72. The molecule has 0 saturated carbocycles. The minimum atomic E-state index is -4.70. The molecule has 1 heterocycles. The summed E-state index contributed by atoms with van der Waals surface area (Å²) in [4.78, 5) is 35.9. The second-order valence-electron chi connectivity index (χ2n) is 7.78. The number of ether oxygens (including phenoxy) is 2. The van der Waals surface area contributed by atoms with Gasteiger partial charge in [0.1, 0.15) is 5.60 Å². The molecule has 1 saturated heterocycles. The van der Waals surface area contributed by atoms with Gasteiger partial charge in [0.05, 0.1) is 18.1 Å².